The number of carbonyl (C=O) groups is 3. The molecule has 3 saturated heterocycles. The van der Waals surface area contributed by atoms with E-state index >= 15 is 0 Å². The topological polar surface area (TPSA) is 90.4 Å². The molecule has 8 nitrogen and oxygen atoms in total. The third kappa shape index (κ3) is 4.40. The second kappa shape index (κ2) is 11.5. The number of aliphatic hydroxyl groups excluding tert-OH is 1. The quantitative estimate of drug-likeness (QED) is 0.368. The zero-order valence-electron chi connectivity index (χ0n) is 22.6. The van der Waals surface area contributed by atoms with Crippen molar-refractivity contribution in [1.29, 1.82) is 0 Å². The predicted octanol–water partition coefficient (Wildman–Crippen LogP) is 2.76. The van der Waals surface area contributed by atoms with Crippen LogP contribution in [-0.4, -0.2) is 93.6 Å². The molecule has 0 aromatic heterocycles. The number of hydrogen-bond donors (Lipinski definition) is 1. The summed E-state index contributed by atoms with van der Waals surface area (Å²) in [4.78, 5) is 47.4. The fourth-order valence-electron chi connectivity index (χ4n) is 6.76. The van der Waals surface area contributed by atoms with Crippen LogP contribution in [0.15, 0.2) is 25.3 Å². The van der Waals surface area contributed by atoms with Crippen molar-refractivity contribution in [2.75, 3.05) is 32.8 Å². The van der Waals surface area contributed by atoms with Gasteiger partial charge in [-0.15, -0.1) is 13.2 Å². The molecule has 36 heavy (non-hydrogen) atoms. The number of carbonyl (C=O) groups excluding carboxylic acids is 3. The van der Waals surface area contributed by atoms with Gasteiger partial charge in [0.25, 0.3) is 0 Å². The van der Waals surface area contributed by atoms with Gasteiger partial charge in [0.05, 0.1) is 30.1 Å². The number of ether oxygens (including phenoxy) is 1. The van der Waals surface area contributed by atoms with Gasteiger partial charge in [-0.3, -0.25) is 14.4 Å². The zero-order valence-corrected chi connectivity index (χ0v) is 22.6. The van der Waals surface area contributed by atoms with E-state index in [0.29, 0.717) is 45.4 Å². The highest BCUT2D eigenvalue weighted by molar-refractivity contribution is 5.99. The minimum Gasteiger partial charge on any atom is -0.394 e. The molecular weight excluding hydrogens is 458 g/mol. The Morgan fingerprint density at radius 1 is 1.11 bits per heavy atom. The molecule has 6 atom stereocenters. The molecule has 3 fully saturated rings. The first-order chi connectivity index (χ1) is 17.2. The number of hydrogen-bond acceptors (Lipinski definition) is 5. The van der Waals surface area contributed by atoms with Crippen LogP contribution in [0, 0.1) is 11.8 Å². The Kier molecular flexibility index (Phi) is 9.04. The Labute approximate surface area is 216 Å². The van der Waals surface area contributed by atoms with E-state index in [1.54, 1.807) is 28.9 Å². The standard InChI is InChI=1S/C28H45N3O5/c1-7-12-18-30(17-10-4)26(35)23-28-14-13-27(11-5,36-28)21(24(33)29(15-8-2)16-9-3)22(28)25(34)31(23)20(6)19-32/h8,10,20-23,32H,2,4,7,9,11-19H2,1,3,5-6H3/t20-,21+,22+,23?,27-,28?/m1/s1. The lowest BCUT2D eigenvalue weighted by molar-refractivity contribution is -0.157. The van der Waals surface area contributed by atoms with Crippen molar-refractivity contribution >= 4 is 17.7 Å². The molecule has 3 amide bonds. The van der Waals surface area contributed by atoms with E-state index in [4.69, 9.17) is 4.74 Å². The molecular formula is C28H45N3O5. The van der Waals surface area contributed by atoms with Crippen molar-refractivity contribution in [3.8, 4) is 0 Å². The first-order valence-electron chi connectivity index (χ1n) is 13.7. The second-order valence-electron chi connectivity index (χ2n) is 10.6. The first-order valence-corrected chi connectivity index (χ1v) is 13.7. The van der Waals surface area contributed by atoms with Gasteiger partial charge in [0, 0.05) is 26.2 Å². The molecule has 0 aromatic carbocycles. The average Bonchev–Trinajstić information content (AvgIpc) is 3.48. The van der Waals surface area contributed by atoms with Crippen LogP contribution in [0.3, 0.4) is 0 Å². The number of rotatable bonds is 14. The van der Waals surface area contributed by atoms with Crippen LogP contribution in [0.25, 0.3) is 0 Å². The molecule has 3 heterocycles. The van der Waals surface area contributed by atoms with Crippen LogP contribution in [0.1, 0.15) is 66.2 Å². The van der Waals surface area contributed by atoms with Crippen LogP contribution < -0.4 is 0 Å². The summed E-state index contributed by atoms with van der Waals surface area (Å²) in [5.74, 6) is -1.95. The molecule has 0 aliphatic carbocycles. The monoisotopic (exact) mass is 503 g/mol. The lowest BCUT2D eigenvalue weighted by Crippen LogP contribution is -2.58. The van der Waals surface area contributed by atoms with Gasteiger partial charge in [0.15, 0.2) is 0 Å². The van der Waals surface area contributed by atoms with Crippen molar-refractivity contribution < 1.29 is 24.2 Å². The highest BCUT2D eigenvalue weighted by atomic mass is 16.5. The Morgan fingerprint density at radius 2 is 1.75 bits per heavy atom. The first kappa shape index (κ1) is 28.4. The van der Waals surface area contributed by atoms with E-state index in [1.165, 1.54) is 4.90 Å². The molecule has 3 aliphatic rings. The Morgan fingerprint density at radius 3 is 2.28 bits per heavy atom. The summed E-state index contributed by atoms with van der Waals surface area (Å²) in [6.07, 6.45) is 7.71. The molecule has 2 bridgehead atoms. The van der Waals surface area contributed by atoms with Gasteiger partial charge in [-0.1, -0.05) is 39.3 Å². The predicted molar refractivity (Wildman–Crippen MR) is 139 cm³/mol. The van der Waals surface area contributed by atoms with E-state index in [0.717, 1.165) is 19.3 Å². The van der Waals surface area contributed by atoms with Gasteiger partial charge in [-0.05, 0) is 39.0 Å². The molecule has 0 saturated carbocycles. The van der Waals surface area contributed by atoms with E-state index in [2.05, 4.69) is 20.1 Å². The Balaban J connectivity index is 2.12. The summed E-state index contributed by atoms with van der Waals surface area (Å²) in [6, 6.07) is -1.45. The fourth-order valence-corrected chi connectivity index (χ4v) is 6.76. The number of likely N-dealkylation sites (tertiary alicyclic amines) is 1. The normalized spacial score (nSPS) is 31.3. The highest BCUT2D eigenvalue weighted by Gasteiger charge is 2.79. The van der Waals surface area contributed by atoms with Crippen molar-refractivity contribution in [2.24, 2.45) is 11.8 Å². The summed E-state index contributed by atoms with van der Waals surface area (Å²) < 4.78 is 6.83. The largest absolute Gasteiger partial charge is 0.394 e. The van der Waals surface area contributed by atoms with Gasteiger partial charge >= 0.3 is 0 Å². The maximum atomic E-state index is 14.2. The van der Waals surface area contributed by atoms with E-state index < -0.39 is 35.1 Å². The summed E-state index contributed by atoms with van der Waals surface area (Å²) in [5.41, 5.74) is -1.85. The van der Waals surface area contributed by atoms with E-state index in [9.17, 15) is 19.5 Å². The lowest BCUT2D eigenvalue weighted by Gasteiger charge is -2.38. The van der Waals surface area contributed by atoms with Crippen LogP contribution >= 0.6 is 0 Å². The van der Waals surface area contributed by atoms with Crippen molar-refractivity contribution in [3.05, 3.63) is 25.3 Å². The third-order valence-corrected chi connectivity index (χ3v) is 8.46. The maximum absolute atomic E-state index is 14.2. The smallest absolute Gasteiger partial charge is 0.248 e. The Hall–Kier alpha value is -2.19. The zero-order chi connectivity index (χ0) is 26.7. The van der Waals surface area contributed by atoms with Gasteiger partial charge in [-0.2, -0.15) is 0 Å². The molecule has 8 heteroatoms. The number of nitrogens with zero attached hydrogens (tertiary/aromatic N) is 3. The Bertz CT molecular complexity index is 862. The summed E-state index contributed by atoms with van der Waals surface area (Å²) >= 11 is 0. The van der Waals surface area contributed by atoms with Crippen LogP contribution in [-0.2, 0) is 19.1 Å². The summed E-state index contributed by atoms with van der Waals surface area (Å²) in [6.45, 7) is 17.1. The van der Waals surface area contributed by atoms with Crippen molar-refractivity contribution in [3.63, 3.8) is 0 Å². The molecule has 3 rings (SSSR count). The average molecular weight is 504 g/mol. The molecule has 2 unspecified atom stereocenters. The number of fused-ring (bicyclic) bond motifs is 1. The van der Waals surface area contributed by atoms with E-state index in [1.807, 2.05) is 13.8 Å². The van der Waals surface area contributed by atoms with Crippen molar-refractivity contribution in [2.45, 2.75) is 89.5 Å². The number of aliphatic hydroxyl groups is 1. The van der Waals surface area contributed by atoms with Gasteiger partial charge in [0.2, 0.25) is 17.7 Å². The molecule has 0 radical (unpaired) electrons. The minimum atomic E-state index is -1.08. The van der Waals surface area contributed by atoms with E-state index in [-0.39, 0.29) is 24.3 Å². The maximum Gasteiger partial charge on any atom is 0.248 e. The molecule has 3 aliphatic heterocycles. The third-order valence-electron chi connectivity index (χ3n) is 8.46. The van der Waals surface area contributed by atoms with Gasteiger partial charge < -0.3 is 24.5 Å². The summed E-state index contributed by atoms with van der Waals surface area (Å²) in [7, 11) is 0. The SMILES string of the molecule is C=CCN(CCCC)C(=O)C1N([C@H](C)CO)C(=O)[C@@H]2[C@@H](C(=O)N(CC=C)CCC)[C@@]3(CC)CCC12O3. The molecule has 202 valence electrons. The van der Waals surface area contributed by atoms with Gasteiger partial charge in [0.1, 0.15) is 11.6 Å². The second-order valence-corrected chi connectivity index (χ2v) is 10.6. The number of amides is 3. The minimum absolute atomic E-state index is 0.0999. The van der Waals surface area contributed by atoms with Gasteiger partial charge in [-0.25, -0.2) is 0 Å². The molecule has 0 aromatic rings. The van der Waals surface area contributed by atoms with Crippen LogP contribution in [0.5, 0.6) is 0 Å². The lowest BCUT2D eigenvalue weighted by atomic mass is 9.64. The summed E-state index contributed by atoms with van der Waals surface area (Å²) in [5, 5.41) is 10.1. The van der Waals surface area contributed by atoms with Crippen molar-refractivity contribution in [1.82, 2.24) is 14.7 Å². The van der Waals surface area contributed by atoms with Crippen LogP contribution in [0.4, 0.5) is 0 Å². The molecule has 1 spiro atoms. The fraction of sp³-hybridized carbons (Fsp3) is 0.750. The molecule has 1 N–H and O–H groups in total. The highest BCUT2D eigenvalue weighted by Crippen LogP contribution is 2.65. The number of unbranched alkanes of at least 4 members (excludes halogenated alkanes) is 1. The van der Waals surface area contributed by atoms with Crippen LogP contribution in [0.2, 0.25) is 0 Å².